The Bertz CT molecular complexity index is 777. The highest BCUT2D eigenvalue weighted by Crippen LogP contribution is 2.47. The molecule has 26 heavy (non-hydrogen) atoms. The number of amides is 1. The van der Waals surface area contributed by atoms with Gasteiger partial charge in [0.05, 0.1) is 12.1 Å². The second kappa shape index (κ2) is 7.22. The molecule has 4 heteroatoms. The molecule has 4 nitrogen and oxygen atoms in total. The number of aliphatic hydroxyl groups is 1. The van der Waals surface area contributed by atoms with E-state index in [0.717, 1.165) is 24.9 Å². The smallest absolute Gasteiger partial charge is 0.268 e. The molecule has 4 rings (SSSR count). The maximum Gasteiger partial charge on any atom is 0.268 e. The van der Waals surface area contributed by atoms with Crippen LogP contribution in [0.2, 0.25) is 0 Å². The van der Waals surface area contributed by atoms with Crippen LogP contribution >= 0.6 is 0 Å². The topological polar surface area (TPSA) is 43.8 Å². The molecule has 1 saturated heterocycles. The van der Waals surface area contributed by atoms with E-state index in [1.807, 2.05) is 35.3 Å². The van der Waals surface area contributed by atoms with Gasteiger partial charge in [0, 0.05) is 24.6 Å². The lowest BCUT2D eigenvalue weighted by atomic mass is 9.82. The minimum atomic E-state index is 0.0715. The molecular formula is C22H26N2O2. The summed E-state index contributed by atoms with van der Waals surface area (Å²) in [6.07, 6.45) is 2.55. The van der Waals surface area contributed by atoms with Gasteiger partial charge in [0.25, 0.3) is 5.91 Å². The van der Waals surface area contributed by atoms with E-state index in [2.05, 4.69) is 36.2 Å². The summed E-state index contributed by atoms with van der Waals surface area (Å²) in [5, 5.41) is 14.0. The van der Waals surface area contributed by atoms with Gasteiger partial charge in [-0.1, -0.05) is 49.4 Å². The van der Waals surface area contributed by atoms with E-state index >= 15 is 0 Å². The zero-order valence-corrected chi connectivity index (χ0v) is 15.2. The zero-order valence-electron chi connectivity index (χ0n) is 15.2. The van der Waals surface area contributed by atoms with Crippen LogP contribution in [0.5, 0.6) is 0 Å². The first-order chi connectivity index (χ1) is 12.8. The van der Waals surface area contributed by atoms with Gasteiger partial charge in [-0.25, -0.2) is 5.01 Å². The molecule has 0 bridgehead atoms. The van der Waals surface area contributed by atoms with E-state index in [1.165, 1.54) is 11.1 Å². The van der Waals surface area contributed by atoms with Crippen LogP contribution in [-0.2, 0) is 6.42 Å². The van der Waals surface area contributed by atoms with Gasteiger partial charge < -0.3 is 5.11 Å². The van der Waals surface area contributed by atoms with E-state index < -0.39 is 0 Å². The summed E-state index contributed by atoms with van der Waals surface area (Å²) in [5.41, 5.74) is 3.42. The quantitative estimate of drug-likeness (QED) is 0.919. The first-order valence-corrected chi connectivity index (χ1v) is 9.60. The number of hydrazine groups is 1. The fraction of sp³-hybridized carbons (Fsp3) is 0.409. The van der Waals surface area contributed by atoms with Crippen LogP contribution in [-0.4, -0.2) is 40.2 Å². The molecule has 2 aromatic rings. The van der Waals surface area contributed by atoms with Crippen LogP contribution in [0.25, 0.3) is 0 Å². The highest BCUT2D eigenvalue weighted by atomic mass is 16.3. The Kier molecular flexibility index (Phi) is 4.79. The number of benzene rings is 2. The molecule has 2 aliphatic heterocycles. The average Bonchev–Trinajstić information content (AvgIpc) is 3.02. The molecule has 0 spiro atoms. The summed E-state index contributed by atoms with van der Waals surface area (Å²) in [6, 6.07) is 18.4. The maximum absolute atomic E-state index is 13.4. The van der Waals surface area contributed by atoms with Crippen molar-refractivity contribution in [1.82, 2.24) is 10.0 Å². The van der Waals surface area contributed by atoms with E-state index in [0.29, 0.717) is 6.42 Å². The third kappa shape index (κ3) is 2.74. The van der Waals surface area contributed by atoms with E-state index in [9.17, 15) is 9.90 Å². The van der Waals surface area contributed by atoms with Crippen molar-refractivity contribution in [3.05, 3.63) is 71.3 Å². The summed E-state index contributed by atoms with van der Waals surface area (Å²) in [7, 11) is 0. The maximum atomic E-state index is 13.4. The van der Waals surface area contributed by atoms with Crippen molar-refractivity contribution in [3.8, 4) is 0 Å². The van der Waals surface area contributed by atoms with Crippen molar-refractivity contribution in [1.29, 1.82) is 0 Å². The van der Waals surface area contributed by atoms with Gasteiger partial charge >= 0.3 is 0 Å². The Labute approximate surface area is 155 Å². The van der Waals surface area contributed by atoms with Crippen molar-refractivity contribution >= 4 is 5.91 Å². The summed E-state index contributed by atoms with van der Waals surface area (Å²) in [4.78, 5) is 13.4. The molecule has 1 amide bonds. The summed E-state index contributed by atoms with van der Waals surface area (Å²) in [5.74, 6) is 0.321. The number of nitrogens with zero attached hydrogens (tertiary/aromatic N) is 2. The highest BCUT2D eigenvalue weighted by molar-refractivity contribution is 5.94. The highest BCUT2D eigenvalue weighted by Gasteiger charge is 2.50. The van der Waals surface area contributed by atoms with Gasteiger partial charge in [0.2, 0.25) is 0 Å². The molecule has 3 unspecified atom stereocenters. The predicted molar refractivity (Wildman–Crippen MR) is 101 cm³/mol. The minimum absolute atomic E-state index is 0.0715. The molecular weight excluding hydrogens is 324 g/mol. The lowest BCUT2D eigenvalue weighted by molar-refractivity contribution is -0.0157. The van der Waals surface area contributed by atoms with Crippen molar-refractivity contribution in [2.24, 2.45) is 5.92 Å². The van der Waals surface area contributed by atoms with E-state index in [-0.39, 0.29) is 30.5 Å². The van der Waals surface area contributed by atoms with Crippen LogP contribution in [0.4, 0.5) is 0 Å². The second-order valence-corrected chi connectivity index (χ2v) is 7.22. The molecule has 1 fully saturated rings. The first-order valence-electron chi connectivity index (χ1n) is 9.60. The molecule has 136 valence electrons. The molecule has 2 heterocycles. The summed E-state index contributed by atoms with van der Waals surface area (Å²) < 4.78 is 0. The van der Waals surface area contributed by atoms with Crippen molar-refractivity contribution in [3.63, 3.8) is 0 Å². The van der Waals surface area contributed by atoms with Gasteiger partial charge in [0.15, 0.2) is 0 Å². The van der Waals surface area contributed by atoms with Gasteiger partial charge in [-0.15, -0.1) is 0 Å². The van der Waals surface area contributed by atoms with Crippen LogP contribution in [0.3, 0.4) is 0 Å². The standard InChI is InChI=1S/C22H26N2O2/c1-2-20-19(13-15-25)21-18-11-7-6-8-16(18)12-14-23(21)24(20)22(26)17-9-4-3-5-10-17/h3-11,19-21,25H,2,12-15H2,1H3. The summed E-state index contributed by atoms with van der Waals surface area (Å²) in [6.45, 7) is 3.14. The average molecular weight is 350 g/mol. The Balaban J connectivity index is 1.77. The third-order valence-corrected chi connectivity index (χ3v) is 5.91. The Morgan fingerprint density at radius 2 is 1.85 bits per heavy atom. The molecule has 0 aliphatic carbocycles. The SMILES string of the molecule is CCC1C(CCO)C2c3ccccc3CCN2N1C(=O)c1ccccc1. The largest absolute Gasteiger partial charge is 0.396 e. The number of carbonyl (C=O) groups is 1. The molecule has 2 aromatic carbocycles. The molecule has 0 aromatic heterocycles. The van der Waals surface area contributed by atoms with Crippen LogP contribution in [0.15, 0.2) is 54.6 Å². The number of hydrogen-bond donors (Lipinski definition) is 1. The normalized spacial score (nSPS) is 25.0. The van der Waals surface area contributed by atoms with Crippen molar-refractivity contribution < 1.29 is 9.90 Å². The molecule has 0 saturated carbocycles. The molecule has 3 atom stereocenters. The number of carbonyl (C=O) groups excluding carboxylic acids is 1. The van der Waals surface area contributed by atoms with Crippen molar-refractivity contribution in [2.75, 3.05) is 13.2 Å². The zero-order chi connectivity index (χ0) is 18.1. The third-order valence-electron chi connectivity index (χ3n) is 5.91. The van der Waals surface area contributed by atoms with Gasteiger partial charge in [-0.05, 0) is 42.5 Å². The summed E-state index contributed by atoms with van der Waals surface area (Å²) >= 11 is 0. The molecule has 0 radical (unpaired) electrons. The number of fused-ring (bicyclic) bond motifs is 3. The lowest BCUT2D eigenvalue weighted by Crippen LogP contribution is -2.48. The Morgan fingerprint density at radius 1 is 1.12 bits per heavy atom. The number of aliphatic hydroxyl groups excluding tert-OH is 1. The van der Waals surface area contributed by atoms with Gasteiger partial charge in [-0.3, -0.25) is 9.80 Å². The van der Waals surface area contributed by atoms with Crippen molar-refractivity contribution in [2.45, 2.75) is 38.3 Å². The minimum Gasteiger partial charge on any atom is -0.396 e. The van der Waals surface area contributed by atoms with Gasteiger partial charge in [0.1, 0.15) is 0 Å². The van der Waals surface area contributed by atoms with Crippen LogP contribution < -0.4 is 0 Å². The second-order valence-electron chi connectivity index (χ2n) is 7.22. The van der Waals surface area contributed by atoms with E-state index in [1.54, 1.807) is 0 Å². The fourth-order valence-electron chi connectivity index (χ4n) is 4.82. The van der Waals surface area contributed by atoms with Gasteiger partial charge in [-0.2, -0.15) is 0 Å². The van der Waals surface area contributed by atoms with Crippen LogP contribution in [0.1, 0.15) is 47.3 Å². The van der Waals surface area contributed by atoms with Crippen LogP contribution in [0, 0.1) is 5.92 Å². The van der Waals surface area contributed by atoms with E-state index in [4.69, 9.17) is 0 Å². The molecule has 2 aliphatic rings. The fourth-order valence-corrected chi connectivity index (χ4v) is 4.82. The Morgan fingerprint density at radius 3 is 2.58 bits per heavy atom. The Hall–Kier alpha value is -2.17. The number of rotatable bonds is 4. The predicted octanol–water partition coefficient (Wildman–Crippen LogP) is 3.43. The lowest BCUT2D eigenvalue weighted by Gasteiger charge is -2.38. The number of hydrogen-bond acceptors (Lipinski definition) is 3. The molecule has 1 N–H and O–H groups in total. The monoisotopic (exact) mass is 350 g/mol. The first kappa shape index (κ1) is 17.3.